The van der Waals surface area contributed by atoms with Gasteiger partial charge in [-0.15, -0.1) is 13.2 Å². The van der Waals surface area contributed by atoms with Gasteiger partial charge in [0.25, 0.3) is 0 Å². The van der Waals surface area contributed by atoms with Crippen LogP contribution in [-0.4, -0.2) is 20.1 Å². The molecule has 0 N–H and O–H groups in total. The number of nitrogens with zero attached hydrogens (tertiary/aromatic N) is 1. The lowest BCUT2D eigenvalue weighted by atomic mass is 9.65. The summed E-state index contributed by atoms with van der Waals surface area (Å²) in [5.41, 5.74) is 2.02. The van der Waals surface area contributed by atoms with E-state index < -0.39 is 11.8 Å². The first kappa shape index (κ1) is 18.0. The van der Waals surface area contributed by atoms with E-state index in [9.17, 15) is 13.2 Å². The third-order valence-corrected chi connectivity index (χ3v) is 5.55. The van der Waals surface area contributed by atoms with Crippen LogP contribution in [0.1, 0.15) is 31.0 Å². The molecule has 2 heterocycles. The van der Waals surface area contributed by atoms with Crippen LogP contribution in [0.4, 0.5) is 18.9 Å². The predicted molar refractivity (Wildman–Crippen MR) is 93.8 cm³/mol. The van der Waals surface area contributed by atoms with Gasteiger partial charge >= 0.3 is 6.36 Å². The first-order chi connectivity index (χ1) is 12.7. The van der Waals surface area contributed by atoms with Crippen LogP contribution in [0.25, 0.3) is 0 Å². The van der Waals surface area contributed by atoms with Gasteiger partial charge < -0.3 is 9.47 Å². The van der Waals surface area contributed by atoms with Crippen molar-refractivity contribution in [1.82, 2.24) is 0 Å². The average molecular weight is 379 g/mol. The Morgan fingerprint density at radius 2 is 1.89 bits per heavy atom. The van der Waals surface area contributed by atoms with Gasteiger partial charge in [0.05, 0.1) is 25.4 Å². The quantitative estimate of drug-likeness (QED) is 0.735. The van der Waals surface area contributed by atoms with Gasteiger partial charge in [-0.2, -0.15) is 0 Å². The minimum absolute atomic E-state index is 0.0130. The van der Waals surface area contributed by atoms with Gasteiger partial charge in [-0.05, 0) is 29.8 Å². The maximum Gasteiger partial charge on any atom is 0.573 e. The molecule has 144 valence electrons. The van der Waals surface area contributed by atoms with Crippen LogP contribution in [0.5, 0.6) is 11.5 Å². The first-order valence-corrected chi connectivity index (χ1v) is 8.67. The summed E-state index contributed by atoms with van der Waals surface area (Å²) < 4.78 is 48.1. The molecule has 0 aliphatic carbocycles. The van der Waals surface area contributed by atoms with E-state index in [0.717, 1.165) is 22.6 Å². The fourth-order valence-electron chi connectivity index (χ4n) is 4.22. The summed E-state index contributed by atoms with van der Waals surface area (Å²) in [5.74, 6) is 0.555. The number of fused-ring (bicyclic) bond motifs is 4. The van der Waals surface area contributed by atoms with Crippen LogP contribution in [0, 0.1) is 5.92 Å². The Hall–Kier alpha value is -2.41. The summed E-state index contributed by atoms with van der Waals surface area (Å²) >= 11 is 0. The SMILES string of the molecule is CON1c2ccc(OC(F)(F)F)cc2C(C)(C)[C@H]2COc3ccccc3[C@H]21. The summed E-state index contributed by atoms with van der Waals surface area (Å²) in [6.07, 6.45) is -4.73. The molecule has 2 aromatic rings. The van der Waals surface area contributed by atoms with Gasteiger partial charge in [0.1, 0.15) is 11.5 Å². The minimum Gasteiger partial charge on any atom is -0.493 e. The monoisotopic (exact) mass is 379 g/mol. The Bertz CT molecular complexity index is 866. The van der Waals surface area contributed by atoms with Gasteiger partial charge in [0, 0.05) is 16.9 Å². The van der Waals surface area contributed by atoms with Gasteiger partial charge in [0.15, 0.2) is 0 Å². The van der Waals surface area contributed by atoms with Crippen molar-refractivity contribution in [3.8, 4) is 11.5 Å². The molecule has 2 aliphatic heterocycles. The van der Waals surface area contributed by atoms with Gasteiger partial charge in [-0.25, -0.2) is 5.06 Å². The summed E-state index contributed by atoms with van der Waals surface area (Å²) in [7, 11) is 1.57. The number of alkyl halides is 3. The number of para-hydroxylation sites is 1. The van der Waals surface area contributed by atoms with Crippen molar-refractivity contribution in [2.75, 3.05) is 18.8 Å². The smallest absolute Gasteiger partial charge is 0.493 e. The second kappa shape index (κ2) is 6.05. The molecule has 0 bridgehead atoms. The van der Waals surface area contributed by atoms with E-state index in [1.165, 1.54) is 12.1 Å². The highest BCUT2D eigenvalue weighted by atomic mass is 19.4. The number of hydrogen-bond donors (Lipinski definition) is 0. The van der Waals surface area contributed by atoms with E-state index in [2.05, 4.69) is 4.74 Å². The summed E-state index contributed by atoms with van der Waals surface area (Å²) in [6, 6.07) is 12.1. The van der Waals surface area contributed by atoms with Crippen LogP contribution in [0.2, 0.25) is 0 Å². The molecule has 0 amide bonds. The van der Waals surface area contributed by atoms with Crippen LogP contribution < -0.4 is 14.5 Å². The van der Waals surface area contributed by atoms with E-state index in [4.69, 9.17) is 9.57 Å². The predicted octanol–water partition coefficient (Wildman–Crippen LogP) is 4.99. The van der Waals surface area contributed by atoms with Crippen molar-refractivity contribution in [3.05, 3.63) is 53.6 Å². The maximum atomic E-state index is 12.7. The molecule has 0 saturated carbocycles. The largest absolute Gasteiger partial charge is 0.573 e. The van der Waals surface area contributed by atoms with E-state index >= 15 is 0 Å². The van der Waals surface area contributed by atoms with Crippen LogP contribution in [0.15, 0.2) is 42.5 Å². The zero-order valence-corrected chi connectivity index (χ0v) is 15.2. The van der Waals surface area contributed by atoms with E-state index in [0.29, 0.717) is 6.61 Å². The Morgan fingerprint density at radius 3 is 2.59 bits per heavy atom. The lowest BCUT2D eigenvalue weighted by Gasteiger charge is -2.52. The Labute approximate surface area is 155 Å². The molecule has 0 spiro atoms. The minimum atomic E-state index is -4.73. The molecule has 27 heavy (non-hydrogen) atoms. The molecule has 0 unspecified atom stereocenters. The lowest BCUT2D eigenvalue weighted by molar-refractivity contribution is -0.274. The molecule has 4 nitrogen and oxygen atoms in total. The number of ether oxygens (including phenoxy) is 2. The summed E-state index contributed by atoms with van der Waals surface area (Å²) in [5, 5.41) is 1.77. The Kier molecular flexibility index (Phi) is 4.03. The molecule has 2 aliphatic rings. The molecule has 0 saturated heterocycles. The molecular formula is C20H20F3NO3. The second-order valence-electron chi connectivity index (χ2n) is 7.36. The topological polar surface area (TPSA) is 30.9 Å². The van der Waals surface area contributed by atoms with Crippen LogP contribution >= 0.6 is 0 Å². The Morgan fingerprint density at radius 1 is 1.15 bits per heavy atom. The molecule has 0 aromatic heterocycles. The molecular weight excluding hydrogens is 359 g/mol. The van der Waals surface area contributed by atoms with Crippen molar-refractivity contribution < 1.29 is 27.5 Å². The zero-order chi connectivity index (χ0) is 19.4. The standard InChI is InChI=1S/C20H20F3NO3/c1-19(2)14-10-12(27-20(21,22)23)8-9-16(14)24(25-3)18-13-6-4-5-7-17(13)26-11-15(18)19/h4-10,15,18H,11H2,1-3H3/t15-,18+/m0/s1. The molecule has 2 atom stereocenters. The fourth-order valence-corrected chi connectivity index (χ4v) is 4.22. The van der Waals surface area contributed by atoms with Crippen molar-refractivity contribution in [2.24, 2.45) is 5.92 Å². The first-order valence-electron chi connectivity index (χ1n) is 8.67. The van der Waals surface area contributed by atoms with Gasteiger partial charge in [-0.3, -0.25) is 4.84 Å². The highest BCUT2D eigenvalue weighted by Gasteiger charge is 2.50. The van der Waals surface area contributed by atoms with Crippen molar-refractivity contribution in [3.63, 3.8) is 0 Å². The van der Waals surface area contributed by atoms with E-state index in [-0.39, 0.29) is 17.7 Å². The third-order valence-electron chi connectivity index (χ3n) is 5.55. The normalized spacial score (nSPS) is 23.0. The fraction of sp³-hybridized carbons (Fsp3) is 0.400. The molecule has 2 aromatic carbocycles. The van der Waals surface area contributed by atoms with Crippen molar-refractivity contribution >= 4 is 5.69 Å². The number of benzene rings is 2. The summed E-state index contributed by atoms with van der Waals surface area (Å²) in [6.45, 7) is 4.48. The van der Waals surface area contributed by atoms with E-state index in [1.54, 1.807) is 18.2 Å². The summed E-state index contributed by atoms with van der Waals surface area (Å²) in [4.78, 5) is 5.69. The third kappa shape index (κ3) is 2.90. The molecule has 0 radical (unpaired) electrons. The number of halogens is 3. The molecule has 7 heteroatoms. The second-order valence-corrected chi connectivity index (χ2v) is 7.36. The number of anilines is 1. The van der Waals surface area contributed by atoms with Crippen molar-refractivity contribution in [2.45, 2.75) is 31.7 Å². The van der Waals surface area contributed by atoms with Gasteiger partial charge in [-0.1, -0.05) is 32.0 Å². The number of hydroxylamine groups is 1. The molecule has 0 fully saturated rings. The van der Waals surface area contributed by atoms with Crippen LogP contribution in [0.3, 0.4) is 0 Å². The number of hydrogen-bond acceptors (Lipinski definition) is 4. The average Bonchev–Trinajstić information content (AvgIpc) is 2.61. The molecule has 4 rings (SSSR count). The van der Waals surface area contributed by atoms with Crippen molar-refractivity contribution in [1.29, 1.82) is 0 Å². The highest BCUT2D eigenvalue weighted by Crippen LogP contribution is 2.55. The van der Waals surface area contributed by atoms with Gasteiger partial charge in [0.2, 0.25) is 0 Å². The number of rotatable bonds is 2. The maximum absolute atomic E-state index is 12.7. The zero-order valence-electron chi connectivity index (χ0n) is 15.2. The van der Waals surface area contributed by atoms with E-state index in [1.807, 2.05) is 38.1 Å². The lowest BCUT2D eigenvalue weighted by Crippen LogP contribution is -2.51. The highest BCUT2D eigenvalue weighted by molar-refractivity contribution is 5.63. The van der Waals surface area contributed by atoms with Crippen LogP contribution in [-0.2, 0) is 10.3 Å². The Balaban J connectivity index is 1.85.